The van der Waals surface area contributed by atoms with E-state index < -0.39 is 0 Å². The minimum atomic E-state index is -0.355. The van der Waals surface area contributed by atoms with Crippen LogP contribution in [0, 0.1) is 6.92 Å². The van der Waals surface area contributed by atoms with E-state index in [0.29, 0.717) is 0 Å². The van der Waals surface area contributed by atoms with Crippen molar-refractivity contribution in [2.24, 2.45) is 0 Å². The van der Waals surface area contributed by atoms with E-state index in [1.807, 2.05) is 31.2 Å². The Bertz CT molecular complexity index is 512. The van der Waals surface area contributed by atoms with Crippen molar-refractivity contribution in [1.82, 2.24) is 5.32 Å². The lowest BCUT2D eigenvalue weighted by molar-refractivity contribution is -0.146. The van der Waals surface area contributed by atoms with Gasteiger partial charge in [-0.1, -0.05) is 37.5 Å². The van der Waals surface area contributed by atoms with Crippen molar-refractivity contribution in [3.63, 3.8) is 0 Å². The van der Waals surface area contributed by atoms with E-state index in [0.717, 1.165) is 36.1 Å². The fraction of sp³-hybridized carbons (Fsp3) is 0.529. The van der Waals surface area contributed by atoms with Gasteiger partial charge in [0.1, 0.15) is 0 Å². The van der Waals surface area contributed by atoms with E-state index >= 15 is 0 Å². The number of amides is 1. The summed E-state index contributed by atoms with van der Waals surface area (Å²) in [4.78, 5) is 24.5. The normalized spacial score (nSPS) is 15.3. The third-order valence-corrected chi connectivity index (χ3v) is 4.92. The molecule has 1 aromatic carbocycles. The molecule has 4 nitrogen and oxygen atoms in total. The second kappa shape index (κ2) is 8.83. The highest BCUT2D eigenvalue weighted by molar-refractivity contribution is 8.00. The molecule has 2 rings (SSSR count). The van der Waals surface area contributed by atoms with Crippen molar-refractivity contribution in [2.75, 3.05) is 12.4 Å². The summed E-state index contributed by atoms with van der Waals surface area (Å²) in [6.45, 7) is 1.83. The molecular weight excluding hydrogens is 298 g/mol. The van der Waals surface area contributed by atoms with E-state index in [4.69, 9.17) is 4.74 Å². The number of carbonyl (C=O) groups is 2. The molecule has 1 saturated carbocycles. The van der Waals surface area contributed by atoms with E-state index in [1.165, 1.54) is 18.2 Å². The van der Waals surface area contributed by atoms with Gasteiger partial charge < -0.3 is 10.1 Å². The average molecular weight is 321 g/mol. The first-order valence-electron chi connectivity index (χ1n) is 7.78. The highest BCUT2D eigenvalue weighted by Gasteiger charge is 2.16. The fourth-order valence-electron chi connectivity index (χ4n) is 2.56. The zero-order valence-electron chi connectivity index (χ0n) is 13.0. The van der Waals surface area contributed by atoms with Crippen molar-refractivity contribution in [2.45, 2.75) is 50.0 Å². The van der Waals surface area contributed by atoms with Crippen LogP contribution in [0.2, 0.25) is 0 Å². The highest BCUT2D eigenvalue weighted by Crippen LogP contribution is 2.21. The molecule has 0 unspecified atom stereocenters. The van der Waals surface area contributed by atoms with E-state index in [1.54, 1.807) is 0 Å². The van der Waals surface area contributed by atoms with Gasteiger partial charge in [0.2, 0.25) is 0 Å². The predicted molar refractivity (Wildman–Crippen MR) is 87.9 cm³/mol. The SMILES string of the molecule is Cc1ccccc1SCC(=O)OCC(=O)NC1CCCCC1. The van der Waals surface area contributed by atoms with Crippen molar-refractivity contribution in [3.8, 4) is 0 Å². The summed E-state index contributed by atoms with van der Waals surface area (Å²) < 4.78 is 5.04. The van der Waals surface area contributed by atoms with Crippen LogP contribution >= 0.6 is 11.8 Å². The maximum Gasteiger partial charge on any atom is 0.316 e. The quantitative estimate of drug-likeness (QED) is 0.646. The molecule has 1 N–H and O–H groups in total. The van der Waals surface area contributed by atoms with Crippen LogP contribution in [0.15, 0.2) is 29.2 Å². The van der Waals surface area contributed by atoms with Gasteiger partial charge in [0, 0.05) is 10.9 Å². The average Bonchev–Trinajstić information content (AvgIpc) is 2.53. The van der Waals surface area contributed by atoms with Gasteiger partial charge in [0.05, 0.1) is 5.75 Å². The Morgan fingerprint density at radius 2 is 1.95 bits per heavy atom. The lowest BCUT2D eigenvalue weighted by Gasteiger charge is -2.22. The number of carbonyl (C=O) groups excluding carboxylic acids is 2. The third kappa shape index (κ3) is 5.72. The van der Waals surface area contributed by atoms with Crippen LogP contribution in [0.3, 0.4) is 0 Å². The molecule has 0 aromatic heterocycles. The molecule has 0 spiro atoms. The number of ether oxygens (including phenoxy) is 1. The smallest absolute Gasteiger partial charge is 0.316 e. The van der Waals surface area contributed by atoms with Crippen LogP contribution in [0.5, 0.6) is 0 Å². The van der Waals surface area contributed by atoms with Crippen LogP contribution in [0.25, 0.3) is 0 Å². The standard InChI is InChI=1S/C17H23NO3S/c1-13-7-5-6-10-15(13)22-12-17(20)21-11-16(19)18-14-8-3-2-4-9-14/h5-7,10,14H,2-4,8-9,11-12H2,1H3,(H,18,19). The summed E-state index contributed by atoms with van der Waals surface area (Å²) in [6, 6.07) is 8.14. The third-order valence-electron chi connectivity index (χ3n) is 3.77. The van der Waals surface area contributed by atoms with Crippen molar-refractivity contribution < 1.29 is 14.3 Å². The Morgan fingerprint density at radius 3 is 2.68 bits per heavy atom. The van der Waals surface area contributed by atoms with Gasteiger partial charge in [-0.25, -0.2) is 0 Å². The first-order valence-corrected chi connectivity index (χ1v) is 8.77. The molecule has 1 amide bonds. The zero-order chi connectivity index (χ0) is 15.8. The number of hydrogen-bond donors (Lipinski definition) is 1. The summed E-state index contributed by atoms with van der Waals surface area (Å²) >= 11 is 1.44. The number of nitrogens with one attached hydrogen (secondary N) is 1. The van der Waals surface area contributed by atoms with Gasteiger partial charge in [0.15, 0.2) is 6.61 Å². The summed E-state index contributed by atoms with van der Waals surface area (Å²) in [5.41, 5.74) is 1.13. The Balaban J connectivity index is 1.64. The molecule has 1 aliphatic carbocycles. The Kier molecular flexibility index (Phi) is 6.77. The summed E-state index contributed by atoms with van der Waals surface area (Å²) in [5, 5.41) is 2.93. The molecule has 0 bridgehead atoms. The monoisotopic (exact) mass is 321 g/mol. The van der Waals surface area contributed by atoms with E-state index in [9.17, 15) is 9.59 Å². The van der Waals surface area contributed by atoms with Crippen LogP contribution < -0.4 is 5.32 Å². The topological polar surface area (TPSA) is 55.4 Å². The zero-order valence-corrected chi connectivity index (χ0v) is 13.8. The molecule has 0 saturated heterocycles. The summed E-state index contributed by atoms with van der Waals surface area (Å²) in [5.74, 6) is -0.324. The number of aryl methyl sites for hydroxylation is 1. The van der Waals surface area contributed by atoms with E-state index in [-0.39, 0.29) is 30.3 Å². The second-order valence-corrected chi connectivity index (χ2v) is 6.63. The minimum absolute atomic E-state index is 0.177. The lowest BCUT2D eigenvalue weighted by atomic mass is 9.95. The fourth-order valence-corrected chi connectivity index (χ4v) is 3.39. The Labute approximate surface area is 136 Å². The highest BCUT2D eigenvalue weighted by atomic mass is 32.2. The molecule has 1 fully saturated rings. The number of thioether (sulfide) groups is 1. The van der Waals surface area contributed by atoms with Crippen molar-refractivity contribution in [1.29, 1.82) is 0 Å². The molecule has 0 aliphatic heterocycles. The van der Waals surface area contributed by atoms with Gasteiger partial charge in [-0.2, -0.15) is 0 Å². The molecule has 0 radical (unpaired) electrons. The van der Waals surface area contributed by atoms with Crippen molar-refractivity contribution in [3.05, 3.63) is 29.8 Å². The number of rotatable bonds is 6. The minimum Gasteiger partial charge on any atom is -0.455 e. The summed E-state index contributed by atoms with van der Waals surface area (Å²) in [6.07, 6.45) is 5.64. The maximum absolute atomic E-state index is 11.7. The summed E-state index contributed by atoms with van der Waals surface area (Å²) in [7, 11) is 0. The van der Waals surface area contributed by atoms with Crippen LogP contribution in [-0.4, -0.2) is 30.3 Å². The van der Waals surface area contributed by atoms with E-state index in [2.05, 4.69) is 5.32 Å². The molecule has 5 heteroatoms. The Morgan fingerprint density at radius 1 is 1.23 bits per heavy atom. The van der Waals surface area contributed by atoms with Crippen LogP contribution in [-0.2, 0) is 14.3 Å². The number of esters is 1. The van der Waals surface area contributed by atoms with Gasteiger partial charge in [-0.3, -0.25) is 9.59 Å². The second-order valence-electron chi connectivity index (χ2n) is 5.62. The lowest BCUT2D eigenvalue weighted by Crippen LogP contribution is -2.38. The molecule has 1 aromatic rings. The first-order chi connectivity index (χ1) is 10.6. The Hall–Kier alpha value is -1.49. The number of benzene rings is 1. The van der Waals surface area contributed by atoms with Crippen LogP contribution in [0.4, 0.5) is 0 Å². The van der Waals surface area contributed by atoms with Gasteiger partial charge in [-0.05, 0) is 31.4 Å². The molecule has 22 heavy (non-hydrogen) atoms. The predicted octanol–water partition coefficient (Wildman–Crippen LogP) is 3.08. The molecule has 120 valence electrons. The van der Waals surface area contributed by atoms with Gasteiger partial charge >= 0.3 is 5.97 Å². The molecular formula is C17H23NO3S. The first kappa shape index (κ1) is 16.9. The van der Waals surface area contributed by atoms with Gasteiger partial charge in [0.25, 0.3) is 5.91 Å². The molecule has 0 atom stereocenters. The molecule has 1 aliphatic rings. The van der Waals surface area contributed by atoms with Crippen molar-refractivity contribution >= 4 is 23.6 Å². The largest absolute Gasteiger partial charge is 0.455 e. The molecule has 0 heterocycles. The van der Waals surface area contributed by atoms with Gasteiger partial charge in [-0.15, -0.1) is 11.8 Å². The van der Waals surface area contributed by atoms with Crippen LogP contribution in [0.1, 0.15) is 37.7 Å². The maximum atomic E-state index is 11.7. The number of hydrogen-bond acceptors (Lipinski definition) is 4.